The lowest BCUT2D eigenvalue weighted by atomic mass is 9.84. The van der Waals surface area contributed by atoms with Gasteiger partial charge in [-0.15, -0.1) is 0 Å². The lowest BCUT2D eigenvalue weighted by Gasteiger charge is -2.21. The van der Waals surface area contributed by atoms with Gasteiger partial charge in [0.2, 0.25) is 0 Å². The topological polar surface area (TPSA) is 76.3 Å². The highest BCUT2D eigenvalue weighted by Gasteiger charge is 2.29. The molecule has 258 valence electrons. The number of aryl methyl sites for hydroxylation is 2. The first kappa shape index (κ1) is 35.2. The average Bonchev–Trinajstić information content (AvgIpc) is 3.52. The van der Waals surface area contributed by atoms with Gasteiger partial charge in [-0.3, -0.25) is 0 Å². The minimum Gasteiger partial charge on any atom is -0.307 e. The van der Waals surface area contributed by atoms with Crippen molar-refractivity contribution in [3.05, 3.63) is 179 Å². The molecule has 0 saturated carbocycles. The van der Waals surface area contributed by atoms with E-state index in [1.165, 1.54) is 16.7 Å². The predicted octanol–water partition coefficient (Wildman–Crippen LogP) is 12.9. The minimum atomic E-state index is 0.265. The van der Waals surface area contributed by atoms with Crippen molar-refractivity contribution < 1.29 is 0 Å². The van der Waals surface area contributed by atoms with E-state index in [2.05, 4.69) is 130 Å². The molecule has 0 N–H and O–H groups in total. The van der Waals surface area contributed by atoms with Crippen LogP contribution >= 0.6 is 0 Å². The number of nitriles is 3. The summed E-state index contributed by atoms with van der Waals surface area (Å²) in [5, 5.41) is 35.0. The van der Waals surface area contributed by atoms with Crippen LogP contribution in [0.25, 0.3) is 66.4 Å². The van der Waals surface area contributed by atoms with Crippen LogP contribution in [0.3, 0.4) is 0 Å². The van der Waals surface area contributed by atoms with Crippen LogP contribution in [0.2, 0.25) is 0 Å². The molecule has 0 radical (unpaired) electrons. The van der Waals surface area contributed by atoms with Gasteiger partial charge in [-0.25, -0.2) is 0 Å². The van der Waals surface area contributed by atoms with Gasteiger partial charge in [0.25, 0.3) is 0 Å². The van der Waals surface area contributed by atoms with Crippen LogP contribution in [-0.2, 0) is 0 Å². The van der Waals surface area contributed by atoms with Crippen molar-refractivity contribution >= 4 is 27.4 Å². The van der Waals surface area contributed by atoms with Crippen LogP contribution in [0.5, 0.6) is 0 Å². The first-order valence-corrected chi connectivity index (χ1v) is 18.1. The smallest absolute Gasteiger partial charge is 0.102 e. The SMILES string of the molecule is C=C(/C(C)=C\C=C/CC)c1ccc2c(c1)c1cc(-c3c(C)cccc3C)ccc1n2-c1c(C#N)c(-c2ccccc2)c(C#N)c(-c2ccccc2)c1C#N. The maximum Gasteiger partial charge on any atom is 0.102 e. The number of rotatable bonds is 8. The summed E-state index contributed by atoms with van der Waals surface area (Å²) in [7, 11) is 0. The molecule has 0 aliphatic rings. The lowest BCUT2D eigenvalue weighted by molar-refractivity contribution is 1.15. The van der Waals surface area contributed by atoms with E-state index < -0.39 is 0 Å². The van der Waals surface area contributed by atoms with Crippen LogP contribution in [0, 0.1) is 47.8 Å². The van der Waals surface area contributed by atoms with Crippen molar-refractivity contribution in [2.24, 2.45) is 0 Å². The summed E-state index contributed by atoms with van der Waals surface area (Å²) < 4.78 is 2.05. The summed E-state index contributed by atoms with van der Waals surface area (Å²) in [5.41, 5.74) is 13.0. The Bertz CT molecular complexity index is 2710. The molecular formula is C50H38N4. The Hall–Kier alpha value is -7.19. The van der Waals surface area contributed by atoms with E-state index in [1.807, 2.05) is 60.7 Å². The monoisotopic (exact) mass is 694 g/mol. The Morgan fingerprint density at radius 1 is 0.630 bits per heavy atom. The molecule has 0 amide bonds. The molecule has 0 bridgehead atoms. The number of nitrogens with zero attached hydrogens (tertiary/aromatic N) is 4. The van der Waals surface area contributed by atoms with Crippen molar-refractivity contribution in [1.82, 2.24) is 4.57 Å². The Balaban J connectivity index is 1.66. The molecule has 6 aromatic carbocycles. The zero-order chi connectivity index (χ0) is 37.9. The van der Waals surface area contributed by atoms with E-state index in [-0.39, 0.29) is 11.1 Å². The van der Waals surface area contributed by atoms with Gasteiger partial charge in [-0.05, 0) is 102 Å². The Morgan fingerprint density at radius 3 is 1.70 bits per heavy atom. The Labute approximate surface area is 317 Å². The molecule has 4 nitrogen and oxygen atoms in total. The number of hydrogen-bond acceptors (Lipinski definition) is 3. The van der Waals surface area contributed by atoms with Crippen molar-refractivity contribution in [2.75, 3.05) is 0 Å². The number of benzene rings is 6. The molecule has 4 heteroatoms. The van der Waals surface area contributed by atoms with Crippen LogP contribution < -0.4 is 0 Å². The van der Waals surface area contributed by atoms with Crippen molar-refractivity contribution in [2.45, 2.75) is 34.1 Å². The molecule has 54 heavy (non-hydrogen) atoms. The first-order valence-electron chi connectivity index (χ1n) is 18.1. The molecule has 0 aliphatic heterocycles. The normalized spacial score (nSPS) is 11.5. The van der Waals surface area contributed by atoms with E-state index in [0.29, 0.717) is 22.4 Å². The molecule has 1 heterocycles. The summed E-state index contributed by atoms with van der Waals surface area (Å²) >= 11 is 0. The van der Waals surface area contributed by atoms with Crippen molar-refractivity contribution in [3.8, 4) is 57.3 Å². The molecule has 0 atom stereocenters. The lowest BCUT2D eigenvalue weighted by Crippen LogP contribution is -2.08. The van der Waals surface area contributed by atoms with Gasteiger partial charge in [0.05, 0.1) is 33.4 Å². The molecule has 1 aromatic heterocycles. The van der Waals surface area contributed by atoms with Crippen LogP contribution in [0.15, 0.2) is 146 Å². The van der Waals surface area contributed by atoms with E-state index in [4.69, 9.17) is 0 Å². The third kappa shape index (κ3) is 5.99. The van der Waals surface area contributed by atoms with Gasteiger partial charge < -0.3 is 4.57 Å². The zero-order valence-corrected chi connectivity index (χ0v) is 30.9. The van der Waals surface area contributed by atoms with Crippen molar-refractivity contribution in [1.29, 1.82) is 15.8 Å². The zero-order valence-electron chi connectivity index (χ0n) is 30.9. The first-order chi connectivity index (χ1) is 26.3. The van der Waals surface area contributed by atoms with E-state index in [1.54, 1.807) is 0 Å². The van der Waals surface area contributed by atoms with Gasteiger partial charge in [0.15, 0.2) is 0 Å². The van der Waals surface area contributed by atoms with Gasteiger partial charge in [-0.2, -0.15) is 15.8 Å². The second-order valence-corrected chi connectivity index (χ2v) is 13.5. The van der Waals surface area contributed by atoms with Gasteiger partial charge in [-0.1, -0.05) is 123 Å². The molecule has 7 aromatic rings. The summed E-state index contributed by atoms with van der Waals surface area (Å²) in [4.78, 5) is 0. The number of fused-ring (bicyclic) bond motifs is 3. The van der Waals surface area contributed by atoms with Crippen LogP contribution in [-0.4, -0.2) is 4.57 Å². The second kappa shape index (κ2) is 14.8. The molecule has 0 saturated heterocycles. The number of allylic oxidation sites excluding steroid dienone is 5. The highest BCUT2D eigenvalue weighted by atomic mass is 15.0. The molecular weight excluding hydrogens is 657 g/mol. The van der Waals surface area contributed by atoms with Gasteiger partial charge in [0.1, 0.15) is 18.2 Å². The van der Waals surface area contributed by atoms with Crippen LogP contribution in [0.4, 0.5) is 0 Å². The molecule has 0 aliphatic carbocycles. The minimum absolute atomic E-state index is 0.265. The van der Waals surface area contributed by atoms with E-state index in [0.717, 1.165) is 61.6 Å². The van der Waals surface area contributed by atoms with Gasteiger partial charge in [0, 0.05) is 21.9 Å². The maximum atomic E-state index is 11.1. The maximum absolute atomic E-state index is 11.1. The van der Waals surface area contributed by atoms with Gasteiger partial charge >= 0.3 is 0 Å². The Morgan fingerprint density at radius 2 is 1.17 bits per heavy atom. The van der Waals surface area contributed by atoms with Crippen molar-refractivity contribution in [3.63, 3.8) is 0 Å². The fourth-order valence-electron chi connectivity index (χ4n) is 7.63. The molecule has 7 rings (SSSR count). The summed E-state index contributed by atoms with van der Waals surface area (Å²) in [6.45, 7) is 12.9. The highest BCUT2D eigenvalue weighted by Crippen LogP contribution is 2.45. The van der Waals surface area contributed by atoms with E-state index >= 15 is 0 Å². The standard InChI is InChI=1S/C50H38N4/c1-6-7-10-16-32(2)35(5)38-23-25-45-40(27-38)41-28-39(47-33(3)17-15-18-34(47)4)24-26-46(41)54(45)50-43(30-52)48(36-19-11-8-12-20-36)42(29-51)49(44(50)31-53)37-21-13-9-14-22-37/h7-28H,5-6H2,1-4H3/b10-7-,32-16-. The summed E-state index contributed by atoms with van der Waals surface area (Å²) in [6.07, 6.45) is 7.22. The second-order valence-electron chi connectivity index (χ2n) is 13.5. The Kier molecular flexibility index (Phi) is 9.66. The quantitative estimate of drug-likeness (QED) is 0.149. The summed E-state index contributed by atoms with van der Waals surface area (Å²) in [5.74, 6) is 0. The highest BCUT2D eigenvalue weighted by molar-refractivity contribution is 6.12. The number of hydrogen-bond donors (Lipinski definition) is 0. The number of aromatic nitrogens is 1. The molecule has 0 fully saturated rings. The average molecular weight is 695 g/mol. The third-order valence-electron chi connectivity index (χ3n) is 10.2. The predicted molar refractivity (Wildman–Crippen MR) is 223 cm³/mol. The molecule has 0 unspecified atom stereocenters. The fourth-order valence-corrected chi connectivity index (χ4v) is 7.63. The molecule has 0 spiro atoms. The van der Waals surface area contributed by atoms with Crippen LogP contribution in [0.1, 0.15) is 53.6 Å². The summed E-state index contributed by atoms with van der Waals surface area (Å²) in [6, 6.07) is 45.5. The fraction of sp³-hybridized carbons (Fsp3) is 0.100. The largest absolute Gasteiger partial charge is 0.307 e. The van der Waals surface area contributed by atoms with E-state index in [9.17, 15) is 15.8 Å². The third-order valence-corrected chi connectivity index (χ3v) is 10.2.